The number of benzene rings is 3. The lowest BCUT2D eigenvalue weighted by Crippen LogP contribution is -2.31. The highest BCUT2D eigenvalue weighted by Crippen LogP contribution is 2.25. The van der Waals surface area contributed by atoms with Crippen LogP contribution in [0.4, 0.5) is 11.4 Å². The Morgan fingerprint density at radius 2 is 1.42 bits per heavy atom. The van der Waals surface area contributed by atoms with Crippen LogP contribution in [-0.4, -0.2) is 54.8 Å². The number of methoxy groups -OCH3 is 1. The van der Waals surface area contributed by atoms with Crippen LogP contribution in [0.2, 0.25) is 0 Å². The number of rotatable bonds is 9. The van der Waals surface area contributed by atoms with Gasteiger partial charge in [-0.3, -0.25) is 28.9 Å². The maximum absolute atomic E-state index is 12.9. The third-order valence-electron chi connectivity index (χ3n) is 5.70. The molecule has 1 aliphatic rings. The first-order chi connectivity index (χ1) is 18.3. The predicted molar refractivity (Wildman–Crippen MR) is 138 cm³/mol. The molecule has 1 heterocycles. The standard InChI is InChI=1S/C28H25N3O7/c1-17(32)38-22-9-3-6-18(14-22)25(33)29-20-7-4-8-21(16-20)30-26(34)19-10-11-23-24(15-19)28(36)31(27(23)35)12-5-13-37-2/h3-4,6-11,14-16H,5,12-13H2,1-2H3,(H,29,33)(H,30,34). The molecule has 0 aromatic heterocycles. The van der Waals surface area contributed by atoms with Crippen LogP contribution in [-0.2, 0) is 9.53 Å². The van der Waals surface area contributed by atoms with Crippen molar-refractivity contribution < 1.29 is 33.4 Å². The number of carbonyl (C=O) groups is 5. The summed E-state index contributed by atoms with van der Waals surface area (Å²) in [6, 6.07) is 17.1. The van der Waals surface area contributed by atoms with Crippen LogP contribution in [0.5, 0.6) is 5.75 Å². The van der Waals surface area contributed by atoms with Gasteiger partial charge < -0.3 is 20.1 Å². The second kappa shape index (κ2) is 11.5. The lowest BCUT2D eigenvalue weighted by atomic mass is 10.1. The fraction of sp³-hybridized carbons (Fsp3) is 0.179. The topological polar surface area (TPSA) is 131 Å². The SMILES string of the molecule is COCCCN1C(=O)c2ccc(C(=O)Nc3cccc(NC(=O)c4cccc(OC(C)=O)c4)c3)cc2C1=O. The van der Waals surface area contributed by atoms with E-state index in [-0.39, 0.29) is 34.5 Å². The molecule has 0 saturated carbocycles. The van der Waals surface area contributed by atoms with Gasteiger partial charge in [-0.25, -0.2) is 0 Å². The van der Waals surface area contributed by atoms with Crippen molar-refractivity contribution in [2.45, 2.75) is 13.3 Å². The van der Waals surface area contributed by atoms with Crippen molar-refractivity contribution in [3.63, 3.8) is 0 Å². The van der Waals surface area contributed by atoms with Crippen molar-refractivity contribution in [1.29, 1.82) is 0 Å². The normalized spacial score (nSPS) is 12.2. The molecule has 0 atom stereocenters. The largest absolute Gasteiger partial charge is 0.427 e. The molecule has 0 fully saturated rings. The molecule has 0 unspecified atom stereocenters. The number of hydrogen-bond donors (Lipinski definition) is 2. The summed E-state index contributed by atoms with van der Waals surface area (Å²) in [6.07, 6.45) is 0.514. The smallest absolute Gasteiger partial charge is 0.308 e. The highest BCUT2D eigenvalue weighted by Gasteiger charge is 2.35. The van der Waals surface area contributed by atoms with Crippen molar-refractivity contribution in [3.8, 4) is 5.75 Å². The Balaban J connectivity index is 1.44. The van der Waals surface area contributed by atoms with Crippen LogP contribution >= 0.6 is 0 Å². The van der Waals surface area contributed by atoms with E-state index in [9.17, 15) is 24.0 Å². The van der Waals surface area contributed by atoms with Crippen molar-refractivity contribution in [2.75, 3.05) is 30.9 Å². The first-order valence-corrected chi connectivity index (χ1v) is 11.8. The van der Waals surface area contributed by atoms with Gasteiger partial charge in [-0.15, -0.1) is 0 Å². The van der Waals surface area contributed by atoms with Crippen LogP contribution in [0.25, 0.3) is 0 Å². The van der Waals surface area contributed by atoms with E-state index < -0.39 is 29.6 Å². The van der Waals surface area contributed by atoms with Crippen molar-refractivity contribution in [2.24, 2.45) is 0 Å². The molecule has 0 aliphatic carbocycles. The van der Waals surface area contributed by atoms with Gasteiger partial charge in [0.05, 0.1) is 11.1 Å². The minimum absolute atomic E-state index is 0.178. The summed E-state index contributed by atoms with van der Waals surface area (Å²) < 4.78 is 10.00. The summed E-state index contributed by atoms with van der Waals surface area (Å²) in [4.78, 5) is 63.2. The van der Waals surface area contributed by atoms with Gasteiger partial charge in [0.25, 0.3) is 23.6 Å². The molecule has 4 rings (SSSR count). The second-order valence-electron chi connectivity index (χ2n) is 8.48. The summed E-state index contributed by atoms with van der Waals surface area (Å²) in [6.45, 7) is 1.92. The predicted octanol–water partition coefficient (Wildman–Crippen LogP) is 3.75. The van der Waals surface area contributed by atoms with E-state index in [1.807, 2.05) is 0 Å². The van der Waals surface area contributed by atoms with Crippen LogP contribution in [0.3, 0.4) is 0 Å². The molecule has 0 spiro atoms. The summed E-state index contributed by atoms with van der Waals surface area (Å²) >= 11 is 0. The average molecular weight is 516 g/mol. The molecule has 0 bridgehead atoms. The zero-order valence-corrected chi connectivity index (χ0v) is 20.8. The molecule has 2 N–H and O–H groups in total. The van der Waals surface area contributed by atoms with E-state index in [1.165, 1.54) is 31.2 Å². The highest BCUT2D eigenvalue weighted by molar-refractivity contribution is 6.22. The maximum Gasteiger partial charge on any atom is 0.308 e. The van der Waals surface area contributed by atoms with Gasteiger partial charge in [-0.05, 0) is 61.0 Å². The molecule has 38 heavy (non-hydrogen) atoms. The fourth-order valence-corrected chi connectivity index (χ4v) is 3.95. The molecule has 194 valence electrons. The van der Waals surface area contributed by atoms with Gasteiger partial charge in [-0.1, -0.05) is 12.1 Å². The molecular formula is C28H25N3O7. The lowest BCUT2D eigenvalue weighted by molar-refractivity contribution is -0.131. The Labute approximate surface area is 218 Å². The van der Waals surface area contributed by atoms with Gasteiger partial charge in [0.1, 0.15) is 5.75 Å². The van der Waals surface area contributed by atoms with E-state index in [2.05, 4.69) is 10.6 Å². The number of nitrogens with zero attached hydrogens (tertiary/aromatic N) is 1. The molecule has 0 radical (unpaired) electrons. The highest BCUT2D eigenvalue weighted by atomic mass is 16.5. The van der Waals surface area contributed by atoms with E-state index >= 15 is 0 Å². The van der Waals surface area contributed by atoms with E-state index in [1.54, 1.807) is 49.6 Å². The zero-order chi connectivity index (χ0) is 27.2. The first kappa shape index (κ1) is 26.2. The van der Waals surface area contributed by atoms with Crippen LogP contribution in [0.15, 0.2) is 66.7 Å². The van der Waals surface area contributed by atoms with Crippen molar-refractivity contribution in [3.05, 3.63) is 89.0 Å². The maximum atomic E-state index is 12.9. The third kappa shape index (κ3) is 5.93. The number of anilines is 2. The molecular weight excluding hydrogens is 490 g/mol. The van der Waals surface area contributed by atoms with Crippen LogP contribution in [0, 0.1) is 0 Å². The number of ether oxygens (including phenoxy) is 2. The van der Waals surface area contributed by atoms with Gasteiger partial charge in [0, 0.05) is 49.7 Å². The van der Waals surface area contributed by atoms with Gasteiger partial charge in [0.15, 0.2) is 0 Å². The molecule has 1 aliphatic heterocycles. The van der Waals surface area contributed by atoms with Crippen LogP contribution < -0.4 is 15.4 Å². The van der Waals surface area contributed by atoms with Crippen molar-refractivity contribution >= 4 is 41.0 Å². The number of amides is 4. The number of hydrogen-bond acceptors (Lipinski definition) is 7. The zero-order valence-electron chi connectivity index (χ0n) is 20.8. The minimum atomic E-state index is -0.496. The molecule has 10 nitrogen and oxygen atoms in total. The summed E-state index contributed by atoms with van der Waals surface area (Å²) in [7, 11) is 1.54. The Morgan fingerprint density at radius 3 is 2.08 bits per heavy atom. The fourth-order valence-electron chi connectivity index (χ4n) is 3.95. The number of esters is 1. The first-order valence-electron chi connectivity index (χ1n) is 11.8. The average Bonchev–Trinajstić information content (AvgIpc) is 3.13. The summed E-state index contributed by atoms with van der Waals surface area (Å²) in [5.41, 5.74) is 1.76. The van der Waals surface area contributed by atoms with Gasteiger partial charge in [0.2, 0.25) is 0 Å². The summed E-state index contributed by atoms with van der Waals surface area (Å²) in [5.74, 6) is -2.00. The second-order valence-corrected chi connectivity index (χ2v) is 8.48. The quantitative estimate of drug-likeness (QED) is 0.192. The molecule has 10 heteroatoms. The lowest BCUT2D eigenvalue weighted by Gasteiger charge is -2.12. The Kier molecular flexibility index (Phi) is 7.93. The van der Waals surface area contributed by atoms with Crippen molar-refractivity contribution in [1.82, 2.24) is 4.90 Å². The molecule has 3 aromatic carbocycles. The summed E-state index contributed by atoms with van der Waals surface area (Å²) in [5, 5.41) is 5.47. The third-order valence-corrected chi connectivity index (χ3v) is 5.70. The van der Waals surface area contributed by atoms with E-state index in [4.69, 9.17) is 9.47 Å². The molecule has 3 aromatic rings. The van der Waals surface area contributed by atoms with Crippen LogP contribution in [0.1, 0.15) is 54.8 Å². The van der Waals surface area contributed by atoms with Gasteiger partial charge in [-0.2, -0.15) is 0 Å². The number of carbonyl (C=O) groups excluding carboxylic acids is 5. The Bertz CT molecular complexity index is 1430. The van der Waals surface area contributed by atoms with E-state index in [0.717, 1.165) is 4.90 Å². The van der Waals surface area contributed by atoms with E-state index in [0.29, 0.717) is 24.4 Å². The van der Waals surface area contributed by atoms with Gasteiger partial charge >= 0.3 is 5.97 Å². The molecule has 0 saturated heterocycles. The monoisotopic (exact) mass is 515 g/mol. The minimum Gasteiger partial charge on any atom is -0.427 e. The Hall–Kier alpha value is -4.83. The number of fused-ring (bicyclic) bond motifs is 1. The number of imide groups is 1. The Morgan fingerprint density at radius 1 is 0.789 bits per heavy atom. The molecule has 4 amide bonds. The number of nitrogens with one attached hydrogen (secondary N) is 2.